The van der Waals surface area contributed by atoms with Crippen LogP contribution in [0.1, 0.15) is 47.2 Å². The quantitative estimate of drug-likeness (QED) is 0.223. The van der Waals surface area contributed by atoms with E-state index in [4.69, 9.17) is 4.74 Å². The van der Waals surface area contributed by atoms with E-state index in [1.54, 1.807) is 0 Å². The summed E-state index contributed by atoms with van der Waals surface area (Å²) in [4.78, 5) is 0. The van der Waals surface area contributed by atoms with Crippen LogP contribution in [-0.4, -0.2) is 0 Å². The van der Waals surface area contributed by atoms with Gasteiger partial charge in [-0.1, -0.05) is 135 Å². The van der Waals surface area contributed by atoms with Crippen molar-refractivity contribution in [2.45, 2.75) is 24.7 Å². The Morgan fingerprint density at radius 3 is 1.71 bits per heavy atom. The second-order valence-electron chi connectivity index (χ2n) is 11.7. The minimum atomic E-state index is -0.403. The zero-order chi connectivity index (χ0) is 27.6. The largest absolute Gasteiger partial charge is 0.457 e. The fourth-order valence-electron chi connectivity index (χ4n) is 7.27. The van der Waals surface area contributed by atoms with E-state index in [9.17, 15) is 0 Å². The highest BCUT2D eigenvalue weighted by Gasteiger charge is 2.46. The van der Waals surface area contributed by atoms with Crippen molar-refractivity contribution in [2.75, 3.05) is 0 Å². The van der Waals surface area contributed by atoms with E-state index in [1.165, 1.54) is 55.6 Å². The first kappa shape index (κ1) is 24.0. The Morgan fingerprint density at radius 2 is 0.976 bits per heavy atom. The van der Waals surface area contributed by atoms with Crippen molar-refractivity contribution in [2.24, 2.45) is 0 Å². The van der Waals surface area contributed by atoms with Crippen LogP contribution >= 0.6 is 0 Å². The lowest BCUT2D eigenvalue weighted by Crippen LogP contribution is -2.28. The monoisotopic (exact) mass is 526 g/mol. The van der Waals surface area contributed by atoms with Crippen molar-refractivity contribution >= 4 is 0 Å². The highest BCUT2D eigenvalue weighted by molar-refractivity contribution is 5.86. The molecule has 1 nitrogen and oxygen atoms in total. The molecule has 1 aliphatic heterocycles. The van der Waals surface area contributed by atoms with E-state index in [-0.39, 0.29) is 5.41 Å². The number of hydrogen-bond acceptors (Lipinski definition) is 1. The molecule has 0 bridgehead atoms. The highest BCUT2D eigenvalue weighted by Crippen LogP contribution is 2.56. The van der Waals surface area contributed by atoms with Crippen LogP contribution in [0.15, 0.2) is 146 Å². The zero-order valence-corrected chi connectivity index (χ0v) is 23.3. The summed E-state index contributed by atoms with van der Waals surface area (Å²) in [5.74, 6) is 1.89. The molecule has 6 aromatic carbocycles. The molecule has 2 aliphatic rings. The first-order chi connectivity index (χ1) is 20.1. The summed E-state index contributed by atoms with van der Waals surface area (Å²) in [5, 5.41) is 0. The van der Waals surface area contributed by atoms with Crippen molar-refractivity contribution in [1.82, 2.24) is 0 Å². The van der Waals surface area contributed by atoms with Gasteiger partial charge in [0.15, 0.2) is 0 Å². The lowest BCUT2D eigenvalue weighted by Gasteiger charge is -2.35. The van der Waals surface area contributed by atoms with E-state index in [0.29, 0.717) is 0 Å². The van der Waals surface area contributed by atoms with Gasteiger partial charge in [-0.2, -0.15) is 0 Å². The molecule has 1 aliphatic carbocycles. The van der Waals surface area contributed by atoms with Crippen LogP contribution in [0.25, 0.3) is 22.3 Å². The molecule has 41 heavy (non-hydrogen) atoms. The normalized spacial score (nSPS) is 15.2. The average molecular weight is 527 g/mol. The van der Waals surface area contributed by atoms with E-state index in [2.05, 4.69) is 153 Å². The van der Waals surface area contributed by atoms with Crippen molar-refractivity contribution in [1.29, 1.82) is 0 Å². The highest BCUT2D eigenvalue weighted by atomic mass is 16.5. The van der Waals surface area contributed by atoms with Crippen molar-refractivity contribution < 1.29 is 4.74 Å². The number of hydrogen-bond donors (Lipinski definition) is 0. The molecule has 0 N–H and O–H groups in total. The van der Waals surface area contributed by atoms with Gasteiger partial charge in [0.25, 0.3) is 0 Å². The maximum Gasteiger partial charge on any atom is 0.131 e. The maximum atomic E-state index is 6.36. The molecule has 0 amide bonds. The molecule has 0 saturated heterocycles. The van der Waals surface area contributed by atoms with Crippen LogP contribution in [0, 0.1) is 0 Å². The summed E-state index contributed by atoms with van der Waals surface area (Å²) in [6.07, 6.45) is 0. The fourth-order valence-corrected chi connectivity index (χ4v) is 7.27. The number of fused-ring (bicyclic) bond motifs is 5. The van der Waals surface area contributed by atoms with Gasteiger partial charge in [0.2, 0.25) is 0 Å². The lowest BCUT2D eigenvalue weighted by molar-refractivity contribution is 0.418. The third-order valence-electron chi connectivity index (χ3n) is 9.22. The van der Waals surface area contributed by atoms with Gasteiger partial charge in [-0.3, -0.25) is 0 Å². The van der Waals surface area contributed by atoms with E-state index in [0.717, 1.165) is 11.5 Å². The van der Waals surface area contributed by atoms with Crippen molar-refractivity contribution in [3.8, 4) is 33.8 Å². The summed E-state index contributed by atoms with van der Waals surface area (Å²) >= 11 is 0. The predicted molar refractivity (Wildman–Crippen MR) is 168 cm³/mol. The molecule has 0 atom stereocenters. The smallest absolute Gasteiger partial charge is 0.131 e. The van der Waals surface area contributed by atoms with Crippen LogP contribution in [0.2, 0.25) is 0 Å². The SMILES string of the molecule is CC1(C)c2ccccc2Oc2ccc(-c3cccc(C4(c5ccccc5)c5ccccc5-c5ccccc54)c3)cc21. The van der Waals surface area contributed by atoms with E-state index < -0.39 is 5.41 Å². The second kappa shape index (κ2) is 8.81. The maximum absolute atomic E-state index is 6.36. The van der Waals surface area contributed by atoms with Crippen LogP contribution in [0.4, 0.5) is 0 Å². The standard InChI is InChI=1S/C40H30O/c1-39(2)35-21-10-11-22-37(35)41-38-24-23-28(26-36(38)39)27-13-12-16-30(25-27)40(29-14-4-3-5-15-29)33-19-8-6-17-31(33)32-18-7-9-20-34(32)40/h3-26H,1-2H3. The van der Waals surface area contributed by atoms with E-state index >= 15 is 0 Å². The Labute approximate surface area is 241 Å². The fraction of sp³-hybridized carbons (Fsp3) is 0.100. The Bertz CT molecular complexity index is 1900. The minimum Gasteiger partial charge on any atom is -0.457 e. The molecule has 196 valence electrons. The Hall–Kier alpha value is -4.88. The third kappa shape index (κ3) is 3.36. The second-order valence-corrected chi connectivity index (χ2v) is 11.7. The third-order valence-corrected chi connectivity index (χ3v) is 9.22. The van der Waals surface area contributed by atoms with Gasteiger partial charge in [0.05, 0.1) is 5.41 Å². The molecular weight excluding hydrogens is 496 g/mol. The van der Waals surface area contributed by atoms with Gasteiger partial charge < -0.3 is 4.74 Å². The Kier molecular flexibility index (Phi) is 5.15. The molecule has 8 rings (SSSR count). The minimum absolute atomic E-state index is 0.160. The van der Waals surface area contributed by atoms with Crippen LogP contribution in [-0.2, 0) is 10.8 Å². The summed E-state index contributed by atoms with van der Waals surface area (Å²) in [5.41, 5.74) is 12.1. The topological polar surface area (TPSA) is 9.23 Å². The van der Waals surface area contributed by atoms with Gasteiger partial charge in [-0.25, -0.2) is 0 Å². The lowest BCUT2D eigenvalue weighted by atomic mass is 9.67. The van der Waals surface area contributed by atoms with E-state index in [1.807, 2.05) is 6.07 Å². The van der Waals surface area contributed by atoms with Crippen LogP contribution < -0.4 is 4.74 Å². The zero-order valence-electron chi connectivity index (χ0n) is 23.3. The Morgan fingerprint density at radius 1 is 0.415 bits per heavy atom. The van der Waals surface area contributed by atoms with Crippen molar-refractivity contribution in [3.63, 3.8) is 0 Å². The average Bonchev–Trinajstić information content (AvgIpc) is 3.33. The number of rotatable bonds is 3. The van der Waals surface area contributed by atoms with Gasteiger partial charge in [0, 0.05) is 16.5 Å². The Balaban J connectivity index is 1.34. The molecule has 0 unspecified atom stereocenters. The first-order valence-electron chi connectivity index (χ1n) is 14.4. The van der Waals surface area contributed by atoms with Gasteiger partial charge in [0.1, 0.15) is 11.5 Å². The van der Waals surface area contributed by atoms with Gasteiger partial charge in [-0.15, -0.1) is 0 Å². The first-order valence-corrected chi connectivity index (χ1v) is 14.4. The molecule has 1 heteroatoms. The summed E-state index contributed by atoms with van der Waals surface area (Å²) in [6, 6.07) is 53.0. The van der Waals surface area contributed by atoms with Gasteiger partial charge >= 0.3 is 0 Å². The summed E-state index contributed by atoms with van der Waals surface area (Å²) in [7, 11) is 0. The molecule has 0 saturated carbocycles. The number of ether oxygens (including phenoxy) is 1. The molecular formula is C40H30O. The molecule has 0 fully saturated rings. The van der Waals surface area contributed by atoms with Crippen LogP contribution in [0.5, 0.6) is 11.5 Å². The molecule has 0 aromatic heterocycles. The predicted octanol–water partition coefficient (Wildman–Crippen LogP) is 10.1. The van der Waals surface area contributed by atoms with Crippen LogP contribution in [0.3, 0.4) is 0 Å². The summed E-state index contributed by atoms with van der Waals surface area (Å²) in [6.45, 7) is 4.59. The molecule has 1 heterocycles. The number of para-hydroxylation sites is 1. The van der Waals surface area contributed by atoms with Crippen molar-refractivity contribution in [3.05, 3.63) is 179 Å². The molecule has 0 spiro atoms. The summed E-state index contributed by atoms with van der Waals surface area (Å²) < 4.78 is 6.36. The number of benzene rings is 6. The van der Waals surface area contributed by atoms with Gasteiger partial charge in [-0.05, 0) is 68.8 Å². The molecule has 0 radical (unpaired) electrons. The molecule has 6 aromatic rings.